The fourth-order valence-corrected chi connectivity index (χ4v) is 2.44. The second kappa shape index (κ2) is 8.17. The number of benzene rings is 1. The van der Waals surface area contributed by atoms with Crippen LogP contribution in [0.1, 0.15) is 25.6 Å². The molecule has 0 amide bonds. The molecule has 0 saturated heterocycles. The van der Waals surface area contributed by atoms with Crippen molar-refractivity contribution in [3.05, 3.63) is 36.1 Å². The zero-order valence-corrected chi connectivity index (χ0v) is 13.3. The van der Waals surface area contributed by atoms with Gasteiger partial charge in [-0.2, -0.15) is 0 Å². The molecule has 1 unspecified atom stereocenters. The lowest BCUT2D eigenvalue weighted by Gasteiger charge is -2.23. The largest absolute Gasteiger partial charge is 0.459 e. The Kier molecular flexibility index (Phi) is 6.23. The highest BCUT2D eigenvalue weighted by molar-refractivity contribution is 5.77. The van der Waals surface area contributed by atoms with Crippen LogP contribution in [-0.2, 0) is 4.74 Å². The van der Waals surface area contributed by atoms with Crippen molar-refractivity contribution in [3.63, 3.8) is 0 Å². The minimum absolute atomic E-state index is 0.203. The van der Waals surface area contributed by atoms with E-state index in [9.17, 15) is 0 Å². The van der Waals surface area contributed by atoms with Gasteiger partial charge in [-0.25, -0.2) is 0 Å². The molecule has 1 heterocycles. The Morgan fingerprint density at radius 3 is 2.81 bits per heavy atom. The molecule has 0 aliphatic rings. The molecule has 1 aromatic carbocycles. The molecular formula is C17H26N2O2. The number of nitrogens with zero attached hydrogens (tertiary/aromatic N) is 1. The minimum Gasteiger partial charge on any atom is -0.459 e. The average molecular weight is 290 g/mol. The third-order valence-electron chi connectivity index (χ3n) is 3.55. The van der Waals surface area contributed by atoms with Crippen molar-refractivity contribution >= 4 is 11.0 Å². The molecule has 1 atom stereocenters. The summed E-state index contributed by atoms with van der Waals surface area (Å²) in [7, 11) is 2.12. The van der Waals surface area contributed by atoms with Crippen LogP contribution in [0.5, 0.6) is 0 Å². The third-order valence-corrected chi connectivity index (χ3v) is 3.55. The molecule has 4 nitrogen and oxygen atoms in total. The predicted octanol–water partition coefficient (Wildman–Crippen LogP) is 3.05. The SMILES string of the molecule is CCNC(CN(C)CCOCC)c1cc2ccccc2o1. The van der Waals surface area contributed by atoms with Gasteiger partial charge in [-0.1, -0.05) is 25.1 Å². The van der Waals surface area contributed by atoms with E-state index in [4.69, 9.17) is 9.15 Å². The average Bonchev–Trinajstić information content (AvgIpc) is 2.91. The molecule has 1 N–H and O–H groups in total. The van der Waals surface area contributed by atoms with Gasteiger partial charge in [-0.15, -0.1) is 0 Å². The quantitative estimate of drug-likeness (QED) is 0.720. The zero-order valence-electron chi connectivity index (χ0n) is 13.3. The number of hydrogen-bond donors (Lipinski definition) is 1. The Balaban J connectivity index is 2.03. The van der Waals surface area contributed by atoms with Crippen LogP contribution in [0.15, 0.2) is 34.7 Å². The predicted molar refractivity (Wildman–Crippen MR) is 86.6 cm³/mol. The molecule has 0 aliphatic carbocycles. The first-order chi connectivity index (χ1) is 10.2. The van der Waals surface area contributed by atoms with E-state index >= 15 is 0 Å². The Hall–Kier alpha value is -1.36. The fraction of sp³-hybridized carbons (Fsp3) is 0.529. The highest BCUT2D eigenvalue weighted by Crippen LogP contribution is 2.24. The van der Waals surface area contributed by atoms with Crippen molar-refractivity contribution in [2.45, 2.75) is 19.9 Å². The maximum absolute atomic E-state index is 5.99. The second-order valence-electron chi connectivity index (χ2n) is 5.26. The van der Waals surface area contributed by atoms with Gasteiger partial charge in [0.1, 0.15) is 11.3 Å². The van der Waals surface area contributed by atoms with Gasteiger partial charge >= 0.3 is 0 Å². The highest BCUT2D eigenvalue weighted by atomic mass is 16.5. The van der Waals surface area contributed by atoms with E-state index in [-0.39, 0.29) is 6.04 Å². The summed E-state index contributed by atoms with van der Waals surface area (Å²) in [5, 5.41) is 4.66. The molecule has 0 bridgehead atoms. The lowest BCUT2D eigenvalue weighted by atomic mass is 10.2. The van der Waals surface area contributed by atoms with Crippen LogP contribution >= 0.6 is 0 Å². The molecule has 0 radical (unpaired) electrons. The Labute approximate surface area is 127 Å². The molecule has 1 aromatic heterocycles. The van der Waals surface area contributed by atoms with E-state index in [1.165, 1.54) is 0 Å². The third kappa shape index (κ3) is 4.56. The van der Waals surface area contributed by atoms with Crippen LogP contribution in [0, 0.1) is 0 Å². The molecule has 0 aliphatic heterocycles. The van der Waals surface area contributed by atoms with Crippen LogP contribution in [0.3, 0.4) is 0 Å². The molecule has 0 saturated carbocycles. The molecule has 4 heteroatoms. The van der Waals surface area contributed by atoms with E-state index in [0.717, 1.165) is 49.6 Å². The summed E-state index contributed by atoms with van der Waals surface area (Å²) in [6.45, 7) is 8.43. The van der Waals surface area contributed by atoms with Gasteiger partial charge in [-0.3, -0.25) is 0 Å². The summed E-state index contributed by atoms with van der Waals surface area (Å²) < 4.78 is 11.4. The molecule has 21 heavy (non-hydrogen) atoms. The van der Waals surface area contributed by atoms with Crippen molar-refractivity contribution in [1.29, 1.82) is 0 Å². The monoisotopic (exact) mass is 290 g/mol. The van der Waals surface area contributed by atoms with Crippen molar-refractivity contribution in [2.75, 3.05) is 39.9 Å². The number of ether oxygens (including phenoxy) is 1. The maximum Gasteiger partial charge on any atom is 0.134 e. The van der Waals surface area contributed by atoms with E-state index in [0.29, 0.717) is 0 Å². The number of para-hydroxylation sites is 1. The van der Waals surface area contributed by atoms with Gasteiger partial charge in [0.25, 0.3) is 0 Å². The van der Waals surface area contributed by atoms with E-state index in [1.54, 1.807) is 0 Å². The van der Waals surface area contributed by atoms with E-state index in [2.05, 4.69) is 36.3 Å². The summed E-state index contributed by atoms with van der Waals surface area (Å²) in [5.41, 5.74) is 0.951. The van der Waals surface area contributed by atoms with Crippen LogP contribution < -0.4 is 5.32 Å². The lowest BCUT2D eigenvalue weighted by molar-refractivity contribution is 0.118. The van der Waals surface area contributed by atoms with Crippen molar-refractivity contribution < 1.29 is 9.15 Å². The van der Waals surface area contributed by atoms with Crippen LogP contribution in [0.2, 0.25) is 0 Å². The number of fused-ring (bicyclic) bond motifs is 1. The smallest absolute Gasteiger partial charge is 0.134 e. The first-order valence-corrected chi connectivity index (χ1v) is 7.72. The number of rotatable bonds is 9. The van der Waals surface area contributed by atoms with Crippen LogP contribution in [-0.4, -0.2) is 44.8 Å². The van der Waals surface area contributed by atoms with Gasteiger partial charge in [0.2, 0.25) is 0 Å². The lowest BCUT2D eigenvalue weighted by Crippen LogP contribution is -2.34. The van der Waals surface area contributed by atoms with Gasteiger partial charge < -0.3 is 19.4 Å². The number of nitrogens with one attached hydrogen (secondary N) is 1. The van der Waals surface area contributed by atoms with Crippen molar-refractivity contribution in [1.82, 2.24) is 10.2 Å². The van der Waals surface area contributed by atoms with Crippen LogP contribution in [0.4, 0.5) is 0 Å². The van der Waals surface area contributed by atoms with Crippen molar-refractivity contribution in [3.8, 4) is 0 Å². The fourth-order valence-electron chi connectivity index (χ4n) is 2.44. The van der Waals surface area contributed by atoms with Gasteiger partial charge in [0.15, 0.2) is 0 Å². The summed E-state index contributed by atoms with van der Waals surface area (Å²) in [6, 6.07) is 10.5. The number of furan rings is 1. The normalized spacial score (nSPS) is 13.1. The summed E-state index contributed by atoms with van der Waals surface area (Å²) in [4.78, 5) is 2.27. The van der Waals surface area contributed by atoms with Crippen LogP contribution in [0.25, 0.3) is 11.0 Å². The molecule has 2 rings (SSSR count). The molecule has 0 spiro atoms. The number of hydrogen-bond acceptors (Lipinski definition) is 4. The second-order valence-corrected chi connectivity index (χ2v) is 5.26. The molecule has 2 aromatic rings. The van der Waals surface area contributed by atoms with Crippen molar-refractivity contribution in [2.24, 2.45) is 0 Å². The van der Waals surface area contributed by atoms with E-state index in [1.807, 2.05) is 25.1 Å². The van der Waals surface area contributed by atoms with Gasteiger partial charge in [0, 0.05) is 25.1 Å². The first-order valence-electron chi connectivity index (χ1n) is 7.72. The van der Waals surface area contributed by atoms with E-state index < -0.39 is 0 Å². The maximum atomic E-state index is 5.99. The molecular weight excluding hydrogens is 264 g/mol. The number of likely N-dealkylation sites (N-methyl/N-ethyl adjacent to an activating group) is 2. The molecule has 116 valence electrons. The van der Waals surface area contributed by atoms with Gasteiger partial charge in [0.05, 0.1) is 12.6 Å². The summed E-state index contributed by atoms with van der Waals surface area (Å²) >= 11 is 0. The summed E-state index contributed by atoms with van der Waals surface area (Å²) in [6.07, 6.45) is 0. The summed E-state index contributed by atoms with van der Waals surface area (Å²) in [5.74, 6) is 1.00. The highest BCUT2D eigenvalue weighted by Gasteiger charge is 2.17. The topological polar surface area (TPSA) is 37.6 Å². The minimum atomic E-state index is 0.203. The standard InChI is InChI=1S/C17H26N2O2/c1-4-18-15(13-19(3)10-11-20-5-2)17-12-14-8-6-7-9-16(14)21-17/h6-9,12,15,18H,4-5,10-11,13H2,1-3H3. The molecule has 0 fully saturated rings. The Morgan fingerprint density at radius 2 is 2.10 bits per heavy atom. The zero-order chi connectivity index (χ0) is 15.1. The van der Waals surface area contributed by atoms with Gasteiger partial charge in [-0.05, 0) is 32.6 Å². The Morgan fingerprint density at radius 1 is 1.29 bits per heavy atom. The Bertz CT molecular complexity index is 505. The first kappa shape index (κ1) is 16.0.